The third-order valence-electron chi connectivity index (χ3n) is 7.77. The van der Waals surface area contributed by atoms with E-state index in [-0.39, 0.29) is 17.3 Å². The molecule has 0 bridgehead atoms. The predicted octanol–water partition coefficient (Wildman–Crippen LogP) is 6.32. The Kier molecular flexibility index (Phi) is 7.62. The number of aryl methyl sites for hydroxylation is 1. The summed E-state index contributed by atoms with van der Waals surface area (Å²) in [5.74, 6) is -0.0608. The van der Waals surface area contributed by atoms with Crippen molar-refractivity contribution in [2.45, 2.75) is 32.6 Å². The van der Waals surface area contributed by atoms with Gasteiger partial charge in [-0.1, -0.05) is 25.0 Å². The number of nitrogens with zero attached hydrogens (tertiary/aromatic N) is 4. The monoisotopic (exact) mass is 579 g/mol. The lowest BCUT2D eigenvalue weighted by molar-refractivity contribution is 0.102. The maximum Gasteiger partial charge on any atom is 0.293 e. The van der Waals surface area contributed by atoms with Gasteiger partial charge in [-0.3, -0.25) is 9.59 Å². The first kappa shape index (κ1) is 27.5. The van der Waals surface area contributed by atoms with Crippen LogP contribution >= 0.6 is 11.3 Å². The van der Waals surface area contributed by atoms with Gasteiger partial charge >= 0.3 is 0 Å². The van der Waals surface area contributed by atoms with Crippen LogP contribution in [0.25, 0.3) is 21.5 Å². The zero-order chi connectivity index (χ0) is 29.2. The molecule has 1 aliphatic rings. The highest BCUT2D eigenvalue weighted by molar-refractivity contribution is 7.16. The minimum Gasteiger partial charge on any atom is -0.398 e. The number of anilines is 5. The third kappa shape index (κ3) is 5.58. The van der Waals surface area contributed by atoms with Gasteiger partial charge in [0.2, 0.25) is 0 Å². The molecule has 42 heavy (non-hydrogen) atoms. The molecule has 3 heterocycles. The van der Waals surface area contributed by atoms with E-state index >= 15 is 0 Å². The number of fused-ring (bicyclic) bond motifs is 1. The van der Waals surface area contributed by atoms with Crippen LogP contribution in [0.1, 0.15) is 41.6 Å². The molecule has 9 nitrogen and oxygen atoms in total. The lowest BCUT2D eigenvalue weighted by Crippen LogP contribution is -2.24. The molecule has 0 radical (unpaired) electrons. The molecular weight excluding hydrogens is 546 g/mol. The third-order valence-corrected chi connectivity index (χ3v) is 8.57. The standard InChI is InChI=1S/C32H33N7O2S/c1-20-23(28-18-38(2)32(41)30(36-28)35-21-10-13-27-29(16-21)42-19-34-27)8-7-9-26(20)37-31(40)24-12-11-22(17-25(24)33)39-14-5-3-4-6-15-39/h7-13,16-19H,3-6,14-15,33H2,1-2H3,(H,35,36)(H,37,40). The Morgan fingerprint density at radius 3 is 2.62 bits per heavy atom. The quantitative estimate of drug-likeness (QED) is 0.201. The van der Waals surface area contributed by atoms with Crippen molar-refractivity contribution in [1.82, 2.24) is 14.5 Å². The largest absolute Gasteiger partial charge is 0.398 e. The van der Waals surface area contributed by atoms with Crippen LogP contribution in [0.4, 0.5) is 28.6 Å². The number of hydrogen-bond acceptors (Lipinski definition) is 8. The zero-order valence-electron chi connectivity index (χ0n) is 23.7. The molecular formula is C32H33N7O2S. The number of aromatic nitrogens is 3. The highest BCUT2D eigenvalue weighted by Gasteiger charge is 2.17. The number of hydrogen-bond donors (Lipinski definition) is 3. The summed E-state index contributed by atoms with van der Waals surface area (Å²) < 4.78 is 2.53. The average molecular weight is 580 g/mol. The Balaban J connectivity index is 1.25. The molecule has 6 rings (SSSR count). The highest BCUT2D eigenvalue weighted by atomic mass is 32.1. The molecule has 5 aromatic rings. The van der Waals surface area contributed by atoms with Gasteiger partial charge in [0, 0.05) is 54.6 Å². The van der Waals surface area contributed by atoms with Crippen molar-refractivity contribution in [2.75, 3.05) is 34.4 Å². The zero-order valence-corrected chi connectivity index (χ0v) is 24.5. The minimum atomic E-state index is -0.274. The van der Waals surface area contributed by atoms with Crippen LogP contribution in [0.15, 0.2) is 71.1 Å². The van der Waals surface area contributed by atoms with Gasteiger partial charge in [-0.15, -0.1) is 11.3 Å². The second-order valence-corrected chi connectivity index (χ2v) is 11.5. The van der Waals surface area contributed by atoms with E-state index in [1.54, 1.807) is 24.8 Å². The second kappa shape index (κ2) is 11.7. The van der Waals surface area contributed by atoms with Crippen molar-refractivity contribution in [3.63, 3.8) is 0 Å². The van der Waals surface area contributed by atoms with Crippen molar-refractivity contribution in [2.24, 2.45) is 7.05 Å². The summed E-state index contributed by atoms with van der Waals surface area (Å²) in [6, 6.07) is 17.1. The molecule has 1 aliphatic heterocycles. The van der Waals surface area contributed by atoms with Crippen LogP contribution in [-0.4, -0.2) is 33.5 Å². The van der Waals surface area contributed by atoms with Crippen molar-refractivity contribution in [1.29, 1.82) is 0 Å². The molecule has 1 fully saturated rings. The summed E-state index contributed by atoms with van der Waals surface area (Å²) in [7, 11) is 1.70. The van der Waals surface area contributed by atoms with E-state index in [4.69, 9.17) is 5.73 Å². The first-order valence-electron chi connectivity index (χ1n) is 14.1. The first-order chi connectivity index (χ1) is 20.4. The van der Waals surface area contributed by atoms with Gasteiger partial charge in [-0.25, -0.2) is 9.97 Å². The van der Waals surface area contributed by atoms with Crippen LogP contribution in [-0.2, 0) is 7.05 Å². The molecule has 3 aromatic carbocycles. The van der Waals surface area contributed by atoms with Gasteiger partial charge in [0.1, 0.15) is 0 Å². The SMILES string of the molecule is Cc1c(NC(=O)c2ccc(N3CCCCCC3)cc2N)cccc1-c1cn(C)c(=O)c(Nc2ccc3ncsc3c2)n1. The van der Waals surface area contributed by atoms with Crippen LogP contribution in [0.2, 0.25) is 0 Å². The number of carbonyl (C=O) groups excluding carboxylic acids is 1. The summed E-state index contributed by atoms with van der Waals surface area (Å²) in [4.78, 5) is 37.6. The normalized spacial score (nSPS) is 13.6. The molecule has 4 N–H and O–H groups in total. The predicted molar refractivity (Wildman–Crippen MR) is 172 cm³/mol. The van der Waals surface area contributed by atoms with Crippen LogP contribution in [0, 0.1) is 6.92 Å². The van der Waals surface area contributed by atoms with E-state index in [1.807, 2.05) is 55.5 Å². The molecule has 0 atom stereocenters. The molecule has 1 saturated heterocycles. The van der Waals surface area contributed by atoms with E-state index in [0.29, 0.717) is 22.6 Å². The van der Waals surface area contributed by atoms with Crippen molar-refractivity contribution in [3.05, 3.63) is 87.8 Å². The number of rotatable bonds is 6. The van der Waals surface area contributed by atoms with Gasteiger partial charge in [0.25, 0.3) is 11.5 Å². The summed E-state index contributed by atoms with van der Waals surface area (Å²) in [5, 5.41) is 6.21. The van der Waals surface area contributed by atoms with E-state index in [2.05, 4.69) is 25.5 Å². The molecule has 0 unspecified atom stereocenters. The molecule has 0 saturated carbocycles. The van der Waals surface area contributed by atoms with Gasteiger partial charge in [-0.2, -0.15) is 0 Å². The Morgan fingerprint density at radius 2 is 1.83 bits per heavy atom. The van der Waals surface area contributed by atoms with E-state index in [0.717, 1.165) is 45.8 Å². The van der Waals surface area contributed by atoms with Gasteiger partial charge in [-0.05, 0) is 67.8 Å². The lowest BCUT2D eigenvalue weighted by atomic mass is 10.0. The Hall–Kier alpha value is -4.70. The molecule has 2 aromatic heterocycles. The highest BCUT2D eigenvalue weighted by Crippen LogP contribution is 2.30. The number of nitrogens with one attached hydrogen (secondary N) is 2. The fourth-order valence-corrected chi connectivity index (χ4v) is 6.12. The second-order valence-electron chi connectivity index (χ2n) is 10.7. The smallest absolute Gasteiger partial charge is 0.293 e. The van der Waals surface area contributed by atoms with Crippen molar-refractivity contribution in [3.8, 4) is 11.3 Å². The fourth-order valence-electron chi connectivity index (χ4n) is 5.41. The molecule has 214 valence electrons. The van der Waals surface area contributed by atoms with Crippen molar-refractivity contribution >= 4 is 56.0 Å². The van der Waals surface area contributed by atoms with Crippen LogP contribution in [0.3, 0.4) is 0 Å². The first-order valence-corrected chi connectivity index (χ1v) is 15.0. The summed E-state index contributed by atoms with van der Waals surface area (Å²) in [6.07, 6.45) is 6.54. The van der Waals surface area contributed by atoms with Gasteiger partial charge < -0.3 is 25.8 Å². The number of nitrogen functional groups attached to an aromatic ring is 1. The summed E-state index contributed by atoms with van der Waals surface area (Å²) in [5.41, 5.74) is 14.4. The van der Waals surface area contributed by atoms with E-state index in [1.165, 1.54) is 41.6 Å². The minimum absolute atomic E-state index is 0.213. The Bertz CT molecular complexity index is 1840. The lowest BCUT2D eigenvalue weighted by Gasteiger charge is -2.23. The molecule has 0 aliphatic carbocycles. The number of nitrogens with two attached hydrogens (primary N) is 1. The van der Waals surface area contributed by atoms with E-state index < -0.39 is 0 Å². The maximum absolute atomic E-state index is 13.3. The van der Waals surface area contributed by atoms with Gasteiger partial charge in [0.05, 0.1) is 27.0 Å². The van der Waals surface area contributed by atoms with E-state index in [9.17, 15) is 9.59 Å². The Labute approximate surface area is 248 Å². The summed E-state index contributed by atoms with van der Waals surface area (Å²) in [6.45, 7) is 3.94. The fraction of sp³-hybridized carbons (Fsp3) is 0.250. The van der Waals surface area contributed by atoms with Gasteiger partial charge in [0.15, 0.2) is 5.82 Å². The topological polar surface area (TPSA) is 118 Å². The number of benzene rings is 3. The molecule has 0 spiro atoms. The number of carbonyl (C=O) groups is 1. The number of amides is 1. The summed E-state index contributed by atoms with van der Waals surface area (Å²) >= 11 is 1.54. The van der Waals surface area contributed by atoms with Crippen molar-refractivity contribution < 1.29 is 4.79 Å². The average Bonchev–Trinajstić information content (AvgIpc) is 3.27. The van der Waals surface area contributed by atoms with Crippen LogP contribution < -0.4 is 26.8 Å². The number of thiazole rings is 1. The molecule has 10 heteroatoms. The van der Waals surface area contributed by atoms with Crippen LogP contribution in [0.5, 0.6) is 0 Å². The Morgan fingerprint density at radius 1 is 1.02 bits per heavy atom. The molecule has 1 amide bonds. The maximum atomic E-state index is 13.3.